The highest BCUT2D eigenvalue weighted by molar-refractivity contribution is 4.86. The molecule has 0 bridgehead atoms. The average molecular weight is 258 g/mol. The minimum atomic E-state index is -2.39. The summed E-state index contributed by atoms with van der Waals surface area (Å²) in [6, 6.07) is 0.407. The van der Waals surface area contributed by atoms with Crippen LogP contribution in [0.4, 0.5) is 8.78 Å². The van der Waals surface area contributed by atoms with Gasteiger partial charge in [-0.15, -0.1) is 0 Å². The Hall–Kier alpha value is -1.04. The van der Waals surface area contributed by atoms with E-state index in [-0.39, 0.29) is 6.54 Å². The number of rotatable bonds is 6. The maximum atomic E-state index is 12.3. The van der Waals surface area contributed by atoms with Crippen molar-refractivity contribution in [2.24, 2.45) is 5.92 Å². The number of alkyl halides is 2. The molecule has 2 rings (SSSR count). The largest absolute Gasteiger partial charge is 0.307 e. The molecule has 18 heavy (non-hydrogen) atoms. The van der Waals surface area contributed by atoms with Gasteiger partial charge in [-0.05, 0) is 25.7 Å². The van der Waals surface area contributed by atoms with Crippen molar-refractivity contribution in [3.8, 4) is 0 Å². The van der Waals surface area contributed by atoms with E-state index >= 15 is 0 Å². The third-order valence-electron chi connectivity index (χ3n) is 3.70. The number of nitrogens with one attached hydrogen (secondary N) is 1. The van der Waals surface area contributed by atoms with Crippen molar-refractivity contribution < 1.29 is 8.78 Å². The third-order valence-corrected chi connectivity index (χ3v) is 3.70. The molecule has 102 valence electrons. The molecule has 1 aliphatic carbocycles. The maximum absolute atomic E-state index is 12.3. The van der Waals surface area contributed by atoms with E-state index in [1.54, 1.807) is 0 Å². The molecule has 0 saturated heterocycles. The van der Waals surface area contributed by atoms with E-state index in [9.17, 15) is 8.78 Å². The van der Waals surface area contributed by atoms with Crippen LogP contribution in [0.2, 0.25) is 0 Å². The van der Waals surface area contributed by atoms with Gasteiger partial charge in [-0.2, -0.15) is 5.10 Å². The topological polar surface area (TPSA) is 42.7 Å². The van der Waals surface area contributed by atoms with Gasteiger partial charge >= 0.3 is 0 Å². The molecular formula is C12H20F2N4. The highest BCUT2D eigenvalue weighted by Crippen LogP contribution is 2.27. The Kier molecular flexibility index (Phi) is 4.63. The molecule has 1 saturated carbocycles. The molecule has 1 aliphatic rings. The minimum absolute atomic E-state index is 0.380. The van der Waals surface area contributed by atoms with E-state index in [1.165, 1.54) is 36.7 Å². The van der Waals surface area contributed by atoms with Crippen LogP contribution in [-0.4, -0.2) is 27.2 Å². The molecule has 1 fully saturated rings. The zero-order valence-electron chi connectivity index (χ0n) is 10.6. The summed E-state index contributed by atoms with van der Waals surface area (Å²) in [5.74, 6) is 1.29. The molecule has 0 aromatic carbocycles. The zero-order valence-corrected chi connectivity index (χ0v) is 10.6. The lowest BCUT2D eigenvalue weighted by atomic mass is 10.00. The molecule has 4 nitrogen and oxygen atoms in total. The van der Waals surface area contributed by atoms with E-state index in [0.717, 1.165) is 0 Å². The maximum Gasteiger partial charge on any atom is 0.257 e. The molecule has 1 heterocycles. The van der Waals surface area contributed by atoms with Crippen molar-refractivity contribution in [3.63, 3.8) is 0 Å². The van der Waals surface area contributed by atoms with Crippen LogP contribution in [0.5, 0.6) is 0 Å². The minimum Gasteiger partial charge on any atom is -0.307 e. The number of hydrogen-bond acceptors (Lipinski definition) is 3. The smallest absolute Gasteiger partial charge is 0.257 e. The van der Waals surface area contributed by atoms with Crippen LogP contribution in [0.1, 0.15) is 38.4 Å². The van der Waals surface area contributed by atoms with Crippen LogP contribution in [-0.2, 0) is 13.1 Å². The Labute approximate surface area is 106 Å². The second kappa shape index (κ2) is 6.22. The first-order chi connectivity index (χ1) is 8.66. The van der Waals surface area contributed by atoms with Crippen molar-refractivity contribution in [2.75, 3.05) is 0 Å². The van der Waals surface area contributed by atoms with E-state index in [2.05, 4.69) is 22.3 Å². The van der Waals surface area contributed by atoms with Gasteiger partial charge in [0.25, 0.3) is 6.43 Å². The van der Waals surface area contributed by atoms with Gasteiger partial charge in [-0.1, -0.05) is 12.8 Å². The molecule has 1 aromatic rings. The molecule has 1 atom stereocenters. The number of hydrogen-bond donors (Lipinski definition) is 1. The molecule has 0 unspecified atom stereocenters. The van der Waals surface area contributed by atoms with Crippen LogP contribution in [0.25, 0.3) is 0 Å². The summed E-state index contributed by atoms with van der Waals surface area (Å²) in [7, 11) is 0. The predicted octanol–water partition coefficient (Wildman–Crippen LogP) is 2.21. The van der Waals surface area contributed by atoms with Gasteiger partial charge in [0.05, 0.1) is 6.54 Å². The molecular weight excluding hydrogens is 238 g/mol. The highest BCUT2D eigenvalue weighted by Gasteiger charge is 2.21. The van der Waals surface area contributed by atoms with E-state index in [1.807, 2.05) is 0 Å². The first kappa shape index (κ1) is 13.4. The molecule has 0 aliphatic heterocycles. The van der Waals surface area contributed by atoms with Crippen LogP contribution >= 0.6 is 0 Å². The van der Waals surface area contributed by atoms with Gasteiger partial charge < -0.3 is 5.32 Å². The number of halogens is 2. The van der Waals surface area contributed by atoms with Gasteiger partial charge in [0.2, 0.25) is 0 Å². The van der Waals surface area contributed by atoms with Crippen LogP contribution < -0.4 is 5.32 Å². The van der Waals surface area contributed by atoms with Crippen molar-refractivity contribution in [1.82, 2.24) is 20.1 Å². The molecule has 0 radical (unpaired) electrons. The van der Waals surface area contributed by atoms with Crippen molar-refractivity contribution >= 4 is 0 Å². The highest BCUT2D eigenvalue weighted by atomic mass is 19.3. The van der Waals surface area contributed by atoms with Crippen LogP contribution in [0, 0.1) is 5.92 Å². The standard InChI is InChI=1S/C12H20F2N4/c1-9(10-4-2-3-5-10)15-6-12-16-8-17-18(12)7-11(13)14/h8-11,15H,2-7H2,1H3/t9-/m0/s1. The van der Waals surface area contributed by atoms with E-state index < -0.39 is 6.43 Å². The lowest BCUT2D eigenvalue weighted by Crippen LogP contribution is -2.33. The monoisotopic (exact) mass is 258 g/mol. The Bertz CT molecular complexity index is 361. The second-order valence-corrected chi connectivity index (χ2v) is 4.96. The molecule has 6 heteroatoms. The van der Waals surface area contributed by atoms with Crippen molar-refractivity contribution in [1.29, 1.82) is 0 Å². The predicted molar refractivity (Wildman–Crippen MR) is 64.3 cm³/mol. The lowest BCUT2D eigenvalue weighted by molar-refractivity contribution is 0.120. The lowest BCUT2D eigenvalue weighted by Gasteiger charge is -2.20. The fourth-order valence-corrected chi connectivity index (χ4v) is 2.58. The summed E-state index contributed by atoms with van der Waals surface area (Å²) < 4.78 is 25.9. The van der Waals surface area contributed by atoms with Crippen LogP contribution in [0.15, 0.2) is 6.33 Å². The summed E-state index contributed by atoms with van der Waals surface area (Å²) in [4.78, 5) is 4.02. The molecule has 0 spiro atoms. The number of aromatic nitrogens is 3. The SMILES string of the molecule is C[C@H](NCc1ncnn1CC(F)F)C1CCCC1. The van der Waals surface area contributed by atoms with Gasteiger partial charge in [-0.3, -0.25) is 0 Å². The van der Waals surface area contributed by atoms with Gasteiger partial charge in [0, 0.05) is 6.04 Å². The molecule has 1 N–H and O–H groups in total. The number of nitrogens with zero attached hydrogens (tertiary/aromatic N) is 3. The van der Waals surface area contributed by atoms with E-state index in [0.29, 0.717) is 24.3 Å². The fraction of sp³-hybridized carbons (Fsp3) is 0.833. The zero-order chi connectivity index (χ0) is 13.0. The Morgan fingerprint density at radius 1 is 1.44 bits per heavy atom. The third kappa shape index (κ3) is 3.48. The quantitative estimate of drug-likeness (QED) is 0.850. The first-order valence-corrected chi connectivity index (χ1v) is 6.55. The summed E-state index contributed by atoms with van der Waals surface area (Å²) in [5.41, 5.74) is 0. The fourth-order valence-electron chi connectivity index (χ4n) is 2.58. The summed E-state index contributed by atoms with van der Waals surface area (Å²) in [5, 5.41) is 7.19. The Balaban J connectivity index is 1.83. The van der Waals surface area contributed by atoms with Crippen LogP contribution in [0.3, 0.4) is 0 Å². The molecule has 1 aromatic heterocycles. The van der Waals surface area contributed by atoms with E-state index in [4.69, 9.17) is 0 Å². The van der Waals surface area contributed by atoms with Gasteiger partial charge in [0.15, 0.2) is 0 Å². The summed E-state index contributed by atoms with van der Waals surface area (Å²) >= 11 is 0. The van der Waals surface area contributed by atoms with Crippen molar-refractivity contribution in [2.45, 2.75) is 58.2 Å². The first-order valence-electron chi connectivity index (χ1n) is 6.55. The van der Waals surface area contributed by atoms with Crippen molar-refractivity contribution in [3.05, 3.63) is 12.2 Å². The normalized spacial score (nSPS) is 18.7. The Morgan fingerprint density at radius 3 is 2.83 bits per heavy atom. The summed E-state index contributed by atoms with van der Waals surface area (Å²) in [6.45, 7) is 2.28. The van der Waals surface area contributed by atoms with Gasteiger partial charge in [0.1, 0.15) is 18.7 Å². The van der Waals surface area contributed by atoms with Gasteiger partial charge in [-0.25, -0.2) is 18.4 Å². The average Bonchev–Trinajstić information content (AvgIpc) is 2.95. The molecule has 0 amide bonds. The second-order valence-electron chi connectivity index (χ2n) is 4.96. The summed E-state index contributed by atoms with van der Waals surface area (Å²) in [6.07, 6.45) is 4.07. The Morgan fingerprint density at radius 2 is 2.17 bits per heavy atom.